The molecule has 0 fully saturated rings. The maximum Gasteiger partial charge on any atom is 0.237 e. The molecule has 0 saturated heterocycles. The number of carbonyl (C=O) groups is 1. The lowest BCUT2D eigenvalue weighted by Crippen LogP contribution is -2.00. The Labute approximate surface area is 91.1 Å². The van der Waals surface area contributed by atoms with Crippen LogP contribution in [0.25, 0.3) is 5.69 Å². The van der Waals surface area contributed by atoms with Gasteiger partial charge >= 0.3 is 0 Å². The van der Waals surface area contributed by atoms with Crippen molar-refractivity contribution in [3.05, 3.63) is 35.2 Å². The Balaban J connectivity index is 2.45. The highest BCUT2D eigenvalue weighted by Gasteiger charge is 2.05. The number of nitrogens with zero attached hydrogens (tertiary/aromatic N) is 5. The van der Waals surface area contributed by atoms with E-state index in [-0.39, 0.29) is 5.82 Å². The number of nitriles is 1. The molecule has 1 heterocycles. The predicted octanol–water partition coefficient (Wildman–Crippen LogP) is 0.655. The smallest absolute Gasteiger partial charge is 0.237 e. The Morgan fingerprint density at radius 1 is 1.50 bits per heavy atom. The standard InChI is InChI=1S/C10H7N5O/c1-7-4-9(3-2-8(7)5-11)15-13-10(6-16)12-14-15/h2-4,6H,1H3. The summed E-state index contributed by atoms with van der Waals surface area (Å²) in [5.41, 5.74) is 2.08. The summed E-state index contributed by atoms with van der Waals surface area (Å²) < 4.78 is 0. The van der Waals surface area contributed by atoms with E-state index >= 15 is 0 Å². The van der Waals surface area contributed by atoms with Gasteiger partial charge < -0.3 is 0 Å². The van der Waals surface area contributed by atoms with E-state index in [2.05, 4.69) is 21.5 Å². The highest BCUT2D eigenvalue weighted by molar-refractivity contribution is 5.67. The van der Waals surface area contributed by atoms with Crippen molar-refractivity contribution in [1.29, 1.82) is 5.26 Å². The Morgan fingerprint density at radius 2 is 2.31 bits per heavy atom. The van der Waals surface area contributed by atoms with Crippen LogP contribution in [0.1, 0.15) is 21.7 Å². The van der Waals surface area contributed by atoms with Gasteiger partial charge in [0, 0.05) is 0 Å². The van der Waals surface area contributed by atoms with E-state index in [1.807, 2.05) is 6.92 Å². The minimum absolute atomic E-state index is 0.0296. The minimum Gasteiger partial charge on any atom is -0.294 e. The molecule has 1 aromatic carbocycles. The van der Waals surface area contributed by atoms with E-state index in [1.165, 1.54) is 4.80 Å². The largest absolute Gasteiger partial charge is 0.294 e. The van der Waals surface area contributed by atoms with Crippen molar-refractivity contribution in [2.45, 2.75) is 6.92 Å². The van der Waals surface area contributed by atoms with Gasteiger partial charge in [0.05, 0.1) is 17.3 Å². The molecule has 0 N–H and O–H groups in total. The highest BCUT2D eigenvalue weighted by atomic mass is 16.1. The fourth-order valence-corrected chi connectivity index (χ4v) is 1.28. The molecule has 78 valence electrons. The molecular formula is C10H7N5O. The maximum absolute atomic E-state index is 10.4. The Hall–Kier alpha value is -2.55. The molecule has 0 saturated carbocycles. The molecular weight excluding hydrogens is 206 g/mol. The van der Waals surface area contributed by atoms with E-state index in [0.29, 0.717) is 17.5 Å². The predicted molar refractivity (Wildman–Crippen MR) is 54.0 cm³/mol. The van der Waals surface area contributed by atoms with E-state index in [9.17, 15) is 4.79 Å². The number of hydrogen-bond donors (Lipinski definition) is 0. The van der Waals surface area contributed by atoms with E-state index in [1.54, 1.807) is 18.2 Å². The van der Waals surface area contributed by atoms with Crippen molar-refractivity contribution < 1.29 is 4.79 Å². The van der Waals surface area contributed by atoms with Crippen molar-refractivity contribution in [1.82, 2.24) is 20.2 Å². The molecule has 0 aliphatic carbocycles. The topological polar surface area (TPSA) is 84.5 Å². The number of hydrogen-bond acceptors (Lipinski definition) is 5. The van der Waals surface area contributed by atoms with Crippen LogP contribution < -0.4 is 0 Å². The second kappa shape index (κ2) is 3.90. The van der Waals surface area contributed by atoms with E-state index < -0.39 is 0 Å². The molecule has 0 aliphatic rings. The number of aryl methyl sites for hydroxylation is 1. The number of carbonyl (C=O) groups excluding carboxylic acids is 1. The first-order valence-corrected chi connectivity index (χ1v) is 4.51. The molecule has 2 rings (SSSR count). The van der Waals surface area contributed by atoms with Crippen LogP contribution >= 0.6 is 0 Å². The second-order valence-corrected chi connectivity index (χ2v) is 3.17. The molecule has 0 atom stereocenters. The summed E-state index contributed by atoms with van der Waals surface area (Å²) in [5, 5.41) is 19.9. The molecule has 2 aromatic rings. The van der Waals surface area contributed by atoms with Gasteiger partial charge in [0.1, 0.15) is 0 Å². The molecule has 0 bridgehead atoms. The van der Waals surface area contributed by atoms with Crippen LogP contribution in [0.3, 0.4) is 0 Å². The molecule has 0 unspecified atom stereocenters. The maximum atomic E-state index is 10.4. The second-order valence-electron chi connectivity index (χ2n) is 3.17. The molecule has 1 aromatic heterocycles. The highest BCUT2D eigenvalue weighted by Crippen LogP contribution is 2.12. The fraction of sp³-hybridized carbons (Fsp3) is 0.100. The summed E-state index contributed by atoms with van der Waals surface area (Å²) in [6.07, 6.45) is 0.528. The average Bonchev–Trinajstić information content (AvgIpc) is 2.77. The van der Waals surface area contributed by atoms with Gasteiger partial charge in [0.2, 0.25) is 5.82 Å². The van der Waals surface area contributed by atoms with Crippen LogP contribution in [0.5, 0.6) is 0 Å². The Kier molecular flexibility index (Phi) is 2.44. The minimum atomic E-state index is 0.0296. The average molecular weight is 213 g/mol. The molecule has 16 heavy (non-hydrogen) atoms. The third-order valence-corrected chi connectivity index (χ3v) is 2.10. The summed E-state index contributed by atoms with van der Waals surface area (Å²) in [6.45, 7) is 1.82. The van der Waals surface area contributed by atoms with Gasteiger partial charge in [0.25, 0.3) is 0 Å². The zero-order valence-electron chi connectivity index (χ0n) is 8.45. The van der Waals surface area contributed by atoms with Crippen molar-refractivity contribution in [3.8, 4) is 11.8 Å². The summed E-state index contributed by atoms with van der Waals surface area (Å²) >= 11 is 0. The van der Waals surface area contributed by atoms with Gasteiger partial charge in [-0.05, 0) is 35.9 Å². The van der Waals surface area contributed by atoms with Gasteiger partial charge in [-0.3, -0.25) is 4.79 Å². The van der Waals surface area contributed by atoms with Gasteiger partial charge in [0.15, 0.2) is 6.29 Å². The summed E-state index contributed by atoms with van der Waals surface area (Å²) in [7, 11) is 0. The molecule has 0 radical (unpaired) electrons. The Morgan fingerprint density at radius 3 is 2.88 bits per heavy atom. The third-order valence-electron chi connectivity index (χ3n) is 2.10. The van der Waals surface area contributed by atoms with Crippen molar-refractivity contribution in [2.24, 2.45) is 0 Å². The summed E-state index contributed by atoms with van der Waals surface area (Å²) in [4.78, 5) is 11.6. The van der Waals surface area contributed by atoms with Gasteiger partial charge in [-0.25, -0.2) is 0 Å². The summed E-state index contributed by atoms with van der Waals surface area (Å²) in [6, 6.07) is 7.20. The molecule has 0 spiro atoms. The summed E-state index contributed by atoms with van der Waals surface area (Å²) in [5.74, 6) is 0.0296. The number of tetrazole rings is 1. The lowest BCUT2D eigenvalue weighted by molar-refractivity contribution is 0.111. The van der Waals surface area contributed by atoms with Crippen molar-refractivity contribution in [3.63, 3.8) is 0 Å². The van der Waals surface area contributed by atoms with Crippen LogP contribution in [0.15, 0.2) is 18.2 Å². The first-order valence-electron chi connectivity index (χ1n) is 4.51. The van der Waals surface area contributed by atoms with Crippen LogP contribution in [0.2, 0.25) is 0 Å². The third kappa shape index (κ3) is 1.66. The Bertz CT molecular complexity index is 581. The molecule has 0 aliphatic heterocycles. The number of rotatable bonds is 2. The van der Waals surface area contributed by atoms with Crippen LogP contribution in [0, 0.1) is 18.3 Å². The van der Waals surface area contributed by atoms with Crippen LogP contribution in [-0.4, -0.2) is 26.5 Å². The fourth-order valence-electron chi connectivity index (χ4n) is 1.28. The lowest BCUT2D eigenvalue weighted by Gasteiger charge is -2.00. The van der Waals surface area contributed by atoms with E-state index in [4.69, 9.17) is 5.26 Å². The lowest BCUT2D eigenvalue weighted by atomic mass is 10.1. The first-order chi connectivity index (χ1) is 7.74. The van der Waals surface area contributed by atoms with Crippen molar-refractivity contribution in [2.75, 3.05) is 0 Å². The number of aldehydes is 1. The first kappa shape index (κ1) is 9.98. The van der Waals surface area contributed by atoms with Crippen molar-refractivity contribution >= 4 is 6.29 Å². The van der Waals surface area contributed by atoms with Gasteiger partial charge in [-0.15, -0.1) is 15.0 Å². The normalized spacial score (nSPS) is 9.75. The molecule has 6 nitrogen and oxygen atoms in total. The van der Waals surface area contributed by atoms with Gasteiger partial charge in [-0.2, -0.15) is 5.26 Å². The molecule has 0 amide bonds. The van der Waals surface area contributed by atoms with E-state index in [0.717, 1.165) is 5.56 Å². The van der Waals surface area contributed by atoms with Crippen LogP contribution in [-0.2, 0) is 0 Å². The SMILES string of the molecule is Cc1cc(-n2nnc(C=O)n2)ccc1C#N. The number of benzene rings is 1. The zero-order valence-corrected chi connectivity index (χ0v) is 8.45. The monoisotopic (exact) mass is 213 g/mol. The molecule has 6 heteroatoms. The number of aromatic nitrogens is 4. The quantitative estimate of drug-likeness (QED) is 0.684. The van der Waals surface area contributed by atoms with Crippen LogP contribution in [0.4, 0.5) is 0 Å². The van der Waals surface area contributed by atoms with Gasteiger partial charge in [-0.1, -0.05) is 0 Å². The zero-order chi connectivity index (χ0) is 11.5.